The van der Waals surface area contributed by atoms with Gasteiger partial charge in [-0.3, -0.25) is 9.59 Å². The highest BCUT2D eigenvalue weighted by molar-refractivity contribution is 7.15. The molecular formula is C21H17ClF3N3O2S. The van der Waals surface area contributed by atoms with E-state index < -0.39 is 17.6 Å². The van der Waals surface area contributed by atoms with E-state index in [-0.39, 0.29) is 29.0 Å². The van der Waals surface area contributed by atoms with Crippen LogP contribution in [0, 0.1) is 6.92 Å². The third-order valence-electron chi connectivity index (χ3n) is 4.34. The van der Waals surface area contributed by atoms with E-state index in [1.807, 2.05) is 6.07 Å². The van der Waals surface area contributed by atoms with E-state index in [0.717, 1.165) is 29.0 Å². The Morgan fingerprint density at radius 1 is 1.16 bits per heavy atom. The Labute approximate surface area is 185 Å². The lowest BCUT2D eigenvalue weighted by Gasteiger charge is -2.09. The number of halogens is 4. The molecule has 2 N–H and O–H groups in total. The Bertz CT molecular complexity index is 1120. The minimum absolute atomic E-state index is 0.139. The molecule has 0 aliphatic rings. The average molecular weight is 468 g/mol. The smallest absolute Gasteiger partial charge is 0.343 e. The van der Waals surface area contributed by atoms with Crippen LogP contribution in [-0.4, -0.2) is 23.3 Å². The van der Waals surface area contributed by atoms with Crippen molar-refractivity contribution < 1.29 is 22.8 Å². The average Bonchev–Trinajstić information content (AvgIpc) is 3.14. The lowest BCUT2D eigenvalue weighted by atomic mass is 10.1. The molecule has 5 nitrogen and oxygen atoms in total. The first-order valence-corrected chi connectivity index (χ1v) is 10.3. The molecule has 0 saturated heterocycles. The van der Waals surface area contributed by atoms with Crippen molar-refractivity contribution in [2.75, 3.05) is 11.9 Å². The van der Waals surface area contributed by atoms with E-state index in [9.17, 15) is 22.8 Å². The molecule has 0 atom stereocenters. The predicted octanol–water partition coefficient (Wildman–Crippen LogP) is 5.08. The molecule has 0 fully saturated rings. The van der Waals surface area contributed by atoms with Crippen LogP contribution >= 0.6 is 22.9 Å². The summed E-state index contributed by atoms with van der Waals surface area (Å²) in [7, 11) is 0. The molecular weight excluding hydrogens is 451 g/mol. The van der Waals surface area contributed by atoms with Crippen LogP contribution in [-0.2, 0) is 17.4 Å². The molecule has 0 aliphatic carbocycles. The van der Waals surface area contributed by atoms with Gasteiger partial charge in [-0.15, -0.1) is 11.3 Å². The molecule has 10 heteroatoms. The van der Waals surface area contributed by atoms with Crippen molar-refractivity contribution >= 4 is 39.9 Å². The summed E-state index contributed by atoms with van der Waals surface area (Å²) in [5.74, 6) is -0.841. The summed E-state index contributed by atoms with van der Waals surface area (Å²) in [5, 5.41) is 5.58. The number of hydrogen-bond acceptors (Lipinski definition) is 4. The number of hydrogen-bond donors (Lipinski definition) is 2. The highest BCUT2D eigenvalue weighted by Gasteiger charge is 2.31. The van der Waals surface area contributed by atoms with Gasteiger partial charge in [0.2, 0.25) is 5.91 Å². The third-order valence-corrected chi connectivity index (χ3v) is 5.62. The molecule has 0 saturated carbocycles. The number of nitrogens with zero attached hydrogens (tertiary/aromatic N) is 1. The van der Waals surface area contributed by atoms with E-state index >= 15 is 0 Å². The van der Waals surface area contributed by atoms with Crippen molar-refractivity contribution in [2.45, 2.75) is 19.5 Å². The maximum Gasteiger partial charge on any atom is 0.416 e. The zero-order chi connectivity index (χ0) is 22.6. The van der Waals surface area contributed by atoms with E-state index in [0.29, 0.717) is 16.0 Å². The van der Waals surface area contributed by atoms with E-state index in [4.69, 9.17) is 11.6 Å². The summed E-state index contributed by atoms with van der Waals surface area (Å²) in [6, 6.07) is 10.1. The Hall–Kier alpha value is -2.91. The molecule has 0 unspecified atom stereocenters. The summed E-state index contributed by atoms with van der Waals surface area (Å²) >= 11 is 7.14. The van der Waals surface area contributed by atoms with Gasteiger partial charge >= 0.3 is 6.18 Å². The standard InChI is InChI=1S/C21H17ClF3N3O2S/c1-12-4-2-3-5-16(12)19(30)26-11-18(29)28-20-27-10-15(31-20)9-13-8-14(21(23,24)25)6-7-17(13)22/h2-8,10H,9,11H2,1H3,(H,26,30)(H,27,28,29). The number of alkyl halides is 3. The normalized spacial score (nSPS) is 11.3. The number of anilines is 1. The summed E-state index contributed by atoms with van der Waals surface area (Å²) in [6.45, 7) is 1.55. The van der Waals surface area contributed by atoms with Crippen molar-refractivity contribution in [3.63, 3.8) is 0 Å². The molecule has 3 rings (SSSR count). The van der Waals surface area contributed by atoms with Gasteiger partial charge in [0.1, 0.15) is 0 Å². The minimum Gasteiger partial charge on any atom is -0.343 e. The molecule has 0 aliphatic heterocycles. The van der Waals surface area contributed by atoms with Gasteiger partial charge in [0.25, 0.3) is 5.91 Å². The Kier molecular flexibility index (Phi) is 6.97. The number of rotatable bonds is 6. The SMILES string of the molecule is Cc1ccccc1C(=O)NCC(=O)Nc1ncc(Cc2cc(C(F)(F)F)ccc2Cl)s1. The monoisotopic (exact) mass is 467 g/mol. The lowest BCUT2D eigenvalue weighted by molar-refractivity contribution is -0.137. The Morgan fingerprint density at radius 3 is 2.61 bits per heavy atom. The highest BCUT2D eigenvalue weighted by Crippen LogP contribution is 2.33. The van der Waals surface area contributed by atoms with Crippen LogP contribution in [0.25, 0.3) is 0 Å². The van der Waals surface area contributed by atoms with Gasteiger partial charge in [-0.05, 0) is 42.3 Å². The number of aryl methyl sites for hydroxylation is 1. The first kappa shape index (κ1) is 22.8. The fraction of sp³-hybridized carbons (Fsp3) is 0.190. The first-order chi connectivity index (χ1) is 14.6. The second kappa shape index (κ2) is 9.49. The van der Waals surface area contributed by atoms with Gasteiger partial charge in [-0.2, -0.15) is 13.2 Å². The summed E-state index contributed by atoms with van der Waals surface area (Å²) in [5.41, 5.74) is 0.792. The lowest BCUT2D eigenvalue weighted by Crippen LogP contribution is -2.33. The molecule has 31 heavy (non-hydrogen) atoms. The molecule has 1 aromatic heterocycles. The number of amides is 2. The number of carbonyl (C=O) groups is 2. The number of carbonyl (C=O) groups excluding carboxylic acids is 2. The van der Waals surface area contributed by atoms with Crippen LogP contribution in [0.4, 0.5) is 18.3 Å². The highest BCUT2D eigenvalue weighted by atomic mass is 35.5. The van der Waals surface area contributed by atoms with Gasteiger partial charge in [0.15, 0.2) is 5.13 Å². The van der Waals surface area contributed by atoms with Crippen LogP contribution in [0.3, 0.4) is 0 Å². The molecule has 2 amide bonds. The van der Waals surface area contributed by atoms with Gasteiger partial charge in [0.05, 0.1) is 12.1 Å². The first-order valence-electron chi connectivity index (χ1n) is 9.07. The van der Waals surface area contributed by atoms with Crippen LogP contribution in [0.15, 0.2) is 48.7 Å². The van der Waals surface area contributed by atoms with Gasteiger partial charge in [-0.1, -0.05) is 29.8 Å². The molecule has 2 aromatic carbocycles. The maximum atomic E-state index is 12.9. The van der Waals surface area contributed by atoms with Gasteiger partial charge in [0, 0.05) is 28.1 Å². The molecule has 0 radical (unpaired) electrons. The van der Waals surface area contributed by atoms with Crippen molar-refractivity contribution in [3.05, 3.63) is 80.8 Å². The fourth-order valence-electron chi connectivity index (χ4n) is 2.77. The van der Waals surface area contributed by atoms with Crippen LogP contribution in [0.1, 0.15) is 31.9 Å². The van der Waals surface area contributed by atoms with Crippen LogP contribution in [0.2, 0.25) is 5.02 Å². The largest absolute Gasteiger partial charge is 0.416 e. The van der Waals surface area contributed by atoms with Crippen molar-refractivity contribution in [2.24, 2.45) is 0 Å². The Morgan fingerprint density at radius 2 is 1.90 bits per heavy atom. The second-order valence-electron chi connectivity index (χ2n) is 6.66. The molecule has 1 heterocycles. The number of benzene rings is 2. The molecule has 3 aromatic rings. The molecule has 162 valence electrons. The second-order valence-corrected chi connectivity index (χ2v) is 8.18. The Balaban J connectivity index is 1.58. The van der Waals surface area contributed by atoms with E-state index in [1.165, 1.54) is 12.3 Å². The van der Waals surface area contributed by atoms with Crippen molar-refractivity contribution in [3.8, 4) is 0 Å². The van der Waals surface area contributed by atoms with Crippen molar-refractivity contribution in [1.82, 2.24) is 10.3 Å². The van der Waals surface area contributed by atoms with Gasteiger partial charge in [-0.25, -0.2) is 4.98 Å². The zero-order valence-electron chi connectivity index (χ0n) is 16.2. The van der Waals surface area contributed by atoms with E-state index in [2.05, 4.69) is 15.6 Å². The topological polar surface area (TPSA) is 71.1 Å². The predicted molar refractivity (Wildman–Crippen MR) is 114 cm³/mol. The quantitative estimate of drug-likeness (QED) is 0.531. The third kappa shape index (κ3) is 6.05. The summed E-state index contributed by atoms with van der Waals surface area (Å²) in [6.07, 6.45) is -2.86. The minimum atomic E-state index is -4.46. The summed E-state index contributed by atoms with van der Waals surface area (Å²) in [4.78, 5) is 29.0. The van der Waals surface area contributed by atoms with Gasteiger partial charge < -0.3 is 10.6 Å². The fourth-order valence-corrected chi connectivity index (χ4v) is 3.80. The number of thiazole rings is 1. The zero-order valence-corrected chi connectivity index (χ0v) is 17.8. The maximum absolute atomic E-state index is 12.9. The molecule has 0 spiro atoms. The van der Waals surface area contributed by atoms with E-state index in [1.54, 1.807) is 25.1 Å². The summed E-state index contributed by atoms with van der Waals surface area (Å²) < 4.78 is 38.7. The molecule has 0 bridgehead atoms. The van der Waals surface area contributed by atoms with Crippen molar-refractivity contribution in [1.29, 1.82) is 0 Å². The number of nitrogens with one attached hydrogen (secondary N) is 2. The van der Waals surface area contributed by atoms with Crippen LogP contribution in [0.5, 0.6) is 0 Å². The van der Waals surface area contributed by atoms with Crippen LogP contribution < -0.4 is 10.6 Å². The number of aromatic nitrogens is 1.